The maximum atomic E-state index is 4.00. The fourth-order valence-electron chi connectivity index (χ4n) is 2.05. The predicted octanol–water partition coefficient (Wildman–Crippen LogP) is 4.35. The molecule has 0 aliphatic carbocycles. The zero-order valence-corrected chi connectivity index (χ0v) is 14.8. The Bertz CT molecular complexity index is 441. The molecule has 0 amide bonds. The molecule has 2 nitrogen and oxygen atoms in total. The number of hydrogen-bond acceptors (Lipinski definition) is 2. The maximum absolute atomic E-state index is 4.00. The molecule has 0 aliphatic heterocycles. The molecule has 0 atom stereocenters. The molecule has 0 radical (unpaired) electrons. The Balaban J connectivity index is 2.69. The number of rotatable bonds is 8. The SMILES string of the molecule is C=C(C)CN(CC)Cc1ccc(CNC(C)C)cc1Br. The molecule has 0 bridgehead atoms. The van der Waals surface area contributed by atoms with Crippen molar-refractivity contribution in [3.8, 4) is 0 Å². The standard InChI is InChI=1S/C17H27BrN2/c1-6-20(11-13(2)3)12-16-8-7-15(9-17(16)18)10-19-14(4)5/h7-9,14,19H,2,6,10-12H2,1,3-5H3. The second kappa shape index (κ2) is 8.60. The van der Waals surface area contributed by atoms with E-state index >= 15 is 0 Å². The molecule has 20 heavy (non-hydrogen) atoms. The summed E-state index contributed by atoms with van der Waals surface area (Å²) in [5.41, 5.74) is 3.86. The van der Waals surface area contributed by atoms with Crippen LogP contribution in [-0.4, -0.2) is 24.0 Å². The van der Waals surface area contributed by atoms with E-state index in [1.165, 1.54) is 21.2 Å². The van der Waals surface area contributed by atoms with Crippen molar-refractivity contribution in [3.63, 3.8) is 0 Å². The van der Waals surface area contributed by atoms with Gasteiger partial charge in [0.05, 0.1) is 0 Å². The molecule has 1 N–H and O–H groups in total. The van der Waals surface area contributed by atoms with Crippen molar-refractivity contribution < 1.29 is 0 Å². The molecule has 1 aromatic carbocycles. The van der Waals surface area contributed by atoms with Gasteiger partial charge in [-0.15, -0.1) is 0 Å². The minimum Gasteiger partial charge on any atom is -0.310 e. The molecule has 0 unspecified atom stereocenters. The van der Waals surface area contributed by atoms with Crippen LogP contribution in [-0.2, 0) is 13.1 Å². The van der Waals surface area contributed by atoms with E-state index in [1.807, 2.05) is 0 Å². The van der Waals surface area contributed by atoms with Gasteiger partial charge >= 0.3 is 0 Å². The predicted molar refractivity (Wildman–Crippen MR) is 91.9 cm³/mol. The average molecular weight is 339 g/mol. The van der Waals surface area contributed by atoms with Crippen molar-refractivity contribution >= 4 is 15.9 Å². The smallest absolute Gasteiger partial charge is 0.0248 e. The highest BCUT2D eigenvalue weighted by Crippen LogP contribution is 2.20. The molecule has 1 aromatic rings. The summed E-state index contributed by atoms with van der Waals surface area (Å²) < 4.78 is 1.20. The topological polar surface area (TPSA) is 15.3 Å². The molecule has 0 fully saturated rings. The van der Waals surface area contributed by atoms with Crippen LogP contribution in [0.3, 0.4) is 0 Å². The molecule has 112 valence electrons. The van der Waals surface area contributed by atoms with E-state index in [0.717, 1.165) is 26.2 Å². The van der Waals surface area contributed by atoms with Crippen LogP contribution < -0.4 is 5.32 Å². The molecule has 0 aromatic heterocycles. The van der Waals surface area contributed by atoms with Crippen LogP contribution in [0.1, 0.15) is 38.8 Å². The normalized spacial score (nSPS) is 11.3. The quantitative estimate of drug-likeness (QED) is 0.709. The molecule has 3 heteroatoms. The van der Waals surface area contributed by atoms with Crippen LogP contribution >= 0.6 is 15.9 Å². The van der Waals surface area contributed by atoms with Crippen LogP contribution in [0.5, 0.6) is 0 Å². The van der Waals surface area contributed by atoms with Crippen molar-refractivity contribution in [2.45, 2.75) is 46.8 Å². The lowest BCUT2D eigenvalue weighted by Gasteiger charge is -2.21. The van der Waals surface area contributed by atoms with Gasteiger partial charge in [0.2, 0.25) is 0 Å². The van der Waals surface area contributed by atoms with E-state index in [9.17, 15) is 0 Å². The van der Waals surface area contributed by atoms with E-state index < -0.39 is 0 Å². The monoisotopic (exact) mass is 338 g/mol. The first-order valence-electron chi connectivity index (χ1n) is 7.29. The first kappa shape index (κ1) is 17.4. The number of nitrogens with zero attached hydrogens (tertiary/aromatic N) is 1. The van der Waals surface area contributed by atoms with Gasteiger partial charge in [-0.2, -0.15) is 0 Å². The molecule has 0 saturated carbocycles. The third kappa shape index (κ3) is 6.21. The molecule has 0 spiro atoms. The molecular formula is C17H27BrN2. The number of hydrogen-bond donors (Lipinski definition) is 1. The maximum Gasteiger partial charge on any atom is 0.0248 e. The highest BCUT2D eigenvalue weighted by atomic mass is 79.9. The summed E-state index contributed by atoms with van der Waals surface area (Å²) in [7, 11) is 0. The van der Waals surface area contributed by atoms with Gasteiger partial charge in [-0.05, 0) is 30.7 Å². The largest absolute Gasteiger partial charge is 0.310 e. The molecule has 0 saturated heterocycles. The van der Waals surface area contributed by atoms with Crippen molar-refractivity contribution in [1.29, 1.82) is 0 Å². The second-order valence-corrected chi connectivity index (χ2v) is 6.58. The average Bonchev–Trinajstić information content (AvgIpc) is 2.37. The highest BCUT2D eigenvalue weighted by Gasteiger charge is 2.08. The van der Waals surface area contributed by atoms with Crippen LogP contribution in [0.2, 0.25) is 0 Å². The van der Waals surface area contributed by atoms with Gasteiger partial charge in [0.25, 0.3) is 0 Å². The van der Waals surface area contributed by atoms with Crippen molar-refractivity contribution in [2.75, 3.05) is 13.1 Å². The summed E-state index contributed by atoms with van der Waals surface area (Å²) in [6, 6.07) is 7.17. The number of benzene rings is 1. The van der Waals surface area contributed by atoms with Gasteiger partial charge < -0.3 is 5.32 Å². The summed E-state index contributed by atoms with van der Waals surface area (Å²) in [5, 5.41) is 3.44. The summed E-state index contributed by atoms with van der Waals surface area (Å²) >= 11 is 3.70. The van der Waals surface area contributed by atoms with Crippen LogP contribution in [0, 0.1) is 0 Å². The number of likely N-dealkylation sites (N-methyl/N-ethyl adjacent to an activating group) is 1. The first-order valence-corrected chi connectivity index (χ1v) is 8.09. The minimum atomic E-state index is 0.514. The van der Waals surface area contributed by atoms with E-state index in [0.29, 0.717) is 6.04 Å². The van der Waals surface area contributed by atoms with E-state index in [2.05, 4.69) is 78.6 Å². The van der Waals surface area contributed by atoms with Crippen molar-refractivity contribution in [1.82, 2.24) is 10.2 Å². The van der Waals surface area contributed by atoms with E-state index in [4.69, 9.17) is 0 Å². The second-order valence-electron chi connectivity index (χ2n) is 5.72. The fourth-order valence-corrected chi connectivity index (χ4v) is 2.60. The van der Waals surface area contributed by atoms with E-state index in [-0.39, 0.29) is 0 Å². The Morgan fingerprint density at radius 2 is 2.10 bits per heavy atom. The molecule has 0 heterocycles. The van der Waals surface area contributed by atoms with Gasteiger partial charge in [0.1, 0.15) is 0 Å². The Morgan fingerprint density at radius 3 is 2.60 bits per heavy atom. The lowest BCUT2D eigenvalue weighted by atomic mass is 10.1. The lowest BCUT2D eigenvalue weighted by Crippen LogP contribution is -2.25. The molecule has 0 aliphatic rings. The summed E-state index contributed by atoms with van der Waals surface area (Å²) in [6.07, 6.45) is 0. The first-order chi connectivity index (χ1) is 9.42. The lowest BCUT2D eigenvalue weighted by molar-refractivity contribution is 0.304. The van der Waals surface area contributed by atoms with E-state index in [1.54, 1.807) is 0 Å². The Kier molecular flexibility index (Phi) is 7.49. The summed E-state index contributed by atoms with van der Waals surface area (Å²) in [4.78, 5) is 2.40. The van der Waals surface area contributed by atoms with Gasteiger partial charge in [-0.3, -0.25) is 4.90 Å². The van der Waals surface area contributed by atoms with Crippen LogP contribution in [0.4, 0.5) is 0 Å². The van der Waals surface area contributed by atoms with Crippen LogP contribution in [0.25, 0.3) is 0 Å². The Morgan fingerprint density at radius 1 is 1.40 bits per heavy atom. The number of nitrogens with one attached hydrogen (secondary N) is 1. The molecular weight excluding hydrogens is 312 g/mol. The van der Waals surface area contributed by atoms with Gasteiger partial charge in [0, 0.05) is 30.1 Å². The van der Waals surface area contributed by atoms with Crippen molar-refractivity contribution in [2.24, 2.45) is 0 Å². The van der Waals surface area contributed by atoms with Gasteiger partial charge in [-0.1, -0.05) is 61.0 Å². The number of halogens is 1. The Labute approximate surface area is 132 Å². The van der Waals surface area contributed by atoms with Crippen LogP contribution in [0.15, 0.2) is 34.8 Å². The summed E-state index contributed by atoms with van der Waals surface area (Å²) in [5.74, 6) is 0. The zero-order valence-electron chi connectivity index (χ0n) is 13.2. The fraction of sp³-hybridized carbons (Fsp3) is 0.529. The minimum absolute atomic E-state index is 0.514. The molecule has 1 rings (SSSR count). The third-order valence-corrected chi connectivity index (χ3v) is 3.90. The Hall–Kier alpha value is -0.640. The highest BCUT2D eigenvalue weighted by molar-refractivity contribution is 9.10. The van der Waals surface area contributed by atoms with Gasteiger partial charge in [0.15, 0.2) is 0 Å². The third-order valence-electron chi connectivity index (χ3n) is 3.17. The zero-order chi connectivity index (χ0) is 15.1. The van der Waals surface area contributed by atoms with Crippen molar-refractivity contribution in [3.05, 3.63) is 46.0 Å². The van der Waals surface area contributed by atoms with Gasteiger partial charge in [-0.25, -0.2) is 0 Å². The summed E-state index contributed by atoms with van der Waals surface area (Å²) in [6.45, 7) is 16.5.